The SMILES string of the molecule is Fc1ccc(C#CC=Cc2ccccc2)cc1. The summed E-state index contributed by atoms with van der Waals surface area (Å²) in [6, 6.07) is 16.1. The molecule has 0 spiro atoms. The summed E-state index contributed by atoms with van der Waals surface area (Å²) in [5.41, 5.74) is 1.92. The first-order valence-corrected chi connectivity index (χ1v) is 5.33. The molecule has 2 aromatic carbocycles. The summed E-state index contributed by atoms with van der Waals surface area (Å²) >= 11 is 0. The van der Waals surface area contributed by atoms with Gasteiger partial charge in [-0.2, -0.15) is 0 Å². The Morgan fingerprint density at radius 1 is 0.882 bits per heavy atom. The van der Waals surface area contributed by atoms with Crippen molar-refractivity contribution in [3.8, 4) is 11.8 Å². The average Bonchev–Trinajstić information content (AvgIpc) is 2.38. The zero-order valence-electron chi connectivity index (χ0n) is 9.23. The van der Waals surface area contributed by atoms with Gasteiger partial charge in [0, 0.05) is 5.56 Å². The lowest BCUT2D eigenvalue weighted by molar-refractivity contribution is 0.627. The molecule has 0 nitrogen and oxygen atoms in total. The van der Waals surface area contributed by atoms with Gasteiger partial charge in [-0.25, -0.2) is 4.39 Å². The molecule has 0 saturated heterocycles. The van der Waals surface area contributed by atoms with Gasteiger partial charge in [0.05, 0.1) is 0 Å². The van der Waals surface area contributed by atoms with Gasteiger partial charge in [0.15, 0.2) is 0 Å². The Kier molecular flexibility index (Phi) is 3.72. The summed E-state index contributed by atoms with van der Waals surface area (Å²) in [7, 11) is 0. The number of halogens is 1. The molecule has 0 saturated carbocycles. The molecule has 0 aliphatic carbocycles. The van der Waals surface area contributed by atoms with E-state index in [1.807, 2.05) is 36.4 Å². The molecule has 0 heterocycles. The van der Waals surface area contributed by atoms with Gasteiger partial charge in [0.1, 0.15) is 5.82 Å². The summed E-state index contributed by atoms with van der Waals surface area (Å²) in [6.07, 6.45) is 3.73. The minimum absolute atomic E-state index is 0.240. The minimum atomic E-state index is -0.240. The lowest BCUT2D eigenvalue weighted by atomic mass is 10.2. The lowest BCUT2D eigenvalue weighted by Crippen LogP contribution is -1.74. The van der Waals surface area contributed by atoms with Crippen LogP contribution in [0.25, 0.3) is 6.08 Å². The van der Waals surface area contributed by atoms with E-state index in [-0.39, 0.29) is 5.82 Å². The van der Waals surface area contributed by atoms with Crippen LogP contribution in [0.2, 0.25) is 0 Å². The van der Waals surface area contributed by atoms with Crippen molar-refractivity contribution in [3.05, 3.63) is 77.6 Å². The Labute approximate surface area is 100 Å². The molecule has 0 aliphatic heterocycles. The normalized spacial score (nSPS) is 9.94. The molecule has 0 radical (unpaired) electrons. The van der Waals surface area contributed by atoms with Crippen LogP contribution < -0.4 is 0 Å². The van der Waals surface area contributed by atoms with E-state index >= 15 is 0 Å². The highest BCUT2D eigenvalue weighted by atomic mass is 19.1. The standard InChI is InChI=1S/C16H11F/c17-16-12-10-15(11-13-16)9-5-4-8-14-6-2-1-3-7-14/h1-4,6-8,10-13H. The zero-order chi connectivity index (χ0) is 11.9. The third-order valence-corrected chi connectivity index (χ3v) is 2.22. The largest absolute Gasteiger partial charge is 0.207 e. The first-order chi connectivity index (χ1) is 8.34. The molecule has 17 heavy (non-hydrogen) atoms. The number of allylic oxidation sites excluding steroid dienone is 1. The van der Waals surface area contributed by atoms with Crippen LogP contribution in [0.15, 0.2) is 60.7 Å². The highest BCUT2D eigenvalue weighted by Gasteiger charge is 1.87. The van der Waals surface area contributed by atoms with Crippen LogP contribution >= 0.6 is 0 Å². The Hall–Kier alpha value is -2.33. The van der Waals surface area contributed by atoms with E-state index in [1.165, 1.54) is 12.1 Å². The Morgan fingerprint density at radius 3 is 2.29 bits per heavy atom. The minimum Gasteiger partial charge on any atom is -0.207 e. The van der Waals surface area contributed by atoms with E-state index in [4.69, 9.17) is 0 Å². The van der Waals surface area contributed by atoms with Gasteiger partial charge in [-0.05, 0) is 42.0 Å². The predicted molar refractivity (Wildman–Crippen MR) is 68.8 cm³/mol. The molecule has 0 fully saturated rings. The van der Waals surface area contributed by atoms with Crippen molar-refractivity contribution in [1.29, 1.82) is 0 Å². The fourth-order valence-corrected chi connectivity index (χ4v) is 1.36. The van der Waals surface area contributed by atoms with Crippen LogP contribution in [-0.4, -0.2) is 0 Å². The highest BCUT2D eigenvalue weighted by Crippen LogP contribution is 2.02. The topological polar surface area (TPSA) is 0 Å². The molecule has 82 valence electrons. The molecule has 0 bridgehead atoms. The first-order valence-electron chi connectivity index (χ1n) is 5.33. The summed E-state index contributed by atoms with van der Waals surface area (Å²) in [5.74, 6) is 5.61. The second-order valence-corrected chi connectivity index (χ2v) is 3.52. The maximum atomic E-state index is 12.6. The quantitative estimate of drug-likeness (QED) is 0.642. The van der Waals surface area contributed by atoms with Gasteiger partial charge in [-0.1, -0.05) is 42.2 Å². The van der Waals surface area contributed by atoms with Crippen LogP contribution in [0, 0.1) is 17.7 Å². The summed E-state index contributed by atoms with van der Waals surface area (Å²) < 4.78 is 12.6. The van der Waals surface area contributed by atoms with Crippen molar-refractivity contribution in [3.63, 3.8) is 0 Å². The molecule has 0 amide bonds. The second-order valence-electron chi connectivity index (χ2n) is 3.52. The summed E-state index contributed by atoms with van der Waals surface area (Å²) in [6.45, 7) is 0. The van der Waals surface area contributed by atoms with Crippen LogP contribution in [0.1, 0.15) is 11.1 Å². The summed E-state index contributed by atoms with van der Waals surface area (Å²) in [5, 5.41) is 0. The number of benzene rings is 2. The van der Waals surface area contributed by atoms with Crippen LogP contribution in [0.4, 0.5) is 4.39 Å². The van der Waals surface area contributed by atoms with E-state index in [0.29, 0.717) is 0 Å². The van der Waals surface area contributed by atoms with Gasteiger partial charge in [0.25, 0.3) is 0 Å². The number of hydrogen-bond donors (Lipinski definition) is 0. The van der Waals surface area contributed by atoms with E-state index < -0.39 is 0 Å². The molecular weight excluding hydrogens is 211 g/mol. The van der Waals surface area contributed by atoms with Gasteiger partial charge >= 0.3 is 0 Å². The Morgan fingerprint density at radius 2 is 1.59 bits per heavy atom. The van der Waals surface area contributed by atoms with Gasteiger partial charge < -0.3 is 0 Å². The molecule has 2 aromatic rings. The monoisotopic (exact) mass is 222 g/mol. The summed E-state index contributed by atoms with van der Waals surface area (Å²) in [4.78, 5) is 0. The van der Waals surface area contributed by atoms with Gasteiger partial charge in [-0.3, -0.25) is 0 Å². The molecule has 0 aliphatic rings. The van der Waals surface area contributed by atoms with Crippen LogP contribution in [0.5, 0.6) is 0 Å². The number of rotatable bonds is 1. The molecule has 0 aromatic heterocycles. The first kappa shape index (κ1) is 11.2. The highest BCUT2D eigenvalue weighted by molar-refractivity contribution is 5.53. The molecule has 2 rings (SSSR count). The van der Waals surface area contributed by atoms with E-state index in [0.717, 1.165) is 11.1 Å². The van der Waals surface area contributed by atoms with Crippen molar-refractivity contribution < 1.29 is 4.39 Å². The molecule has 0 unspecified atom stereocenters. The third kappa shape index (κ3) is 3.62. The van der Waals surface area contributed by atoms with E-state index in [2.05, 4.69) is 11.8 Å². The van der Waals surface area contributed by atoms with Gasteiger partial charge in [0.2, 0.25) is 0 Å². The van der Waals surface area contributed by atoms with Crippen LogP contribution in [0.3, 0.4) is 0 Å². The van der Waals surface area contributed by atoms with Crippen molar-refractivity contribution >= 4 is 6.08 Å². The third-order valence-electron chi connectivity index (χ3n) is 2.22. The van der Waals surface area contributed by atoms with Crippen molar-refractivity contribution in [2.75, 3.05) is 0 Å². The van der Waals surface area contributed by atoms with Crippen molar-refractivity contribution in [2.24, 2.45) is 0 Å². The fraction of sp³-hybridized carbons (Fsp3) is 0. The van der Waals surface area contributed by atoms with E-state index in [9.17, 15) is 4.39 Å². The molecular formula is C16H11F. The maximum Gasteiger partial charge on any atom is 0.123 e. The molecule has 1 heteroatoms. The van der Waals surface area contributed by atoms with E-state index in [1.54, 1.807) is 18.2 Å². The Balaban J connectivity index is 2.04. The Bertz CT molecular complexity index is 554. The second kappa shape index (κ2) is 5.67. The van der Waals surface area contributed by atoms with Crippen molar-refractivity contribution in [1.82, 2.24) is 0 Å². The maximum absolute atomic E-state index is 12.6. The van der Waals surface area contributed by atoms with Crippen molar-refractivity contribution in [2.45, 2.75) is 0 Å². The van der Waals surface area contributed by atoms with Crippen LogP contribution in [-0.2, 0) is 0 Å². The molecule has 0 atom stereocenters. The number of hydrogen-bond acceptors (Lipinski definition) is 0. The van der Waals surface area contributed by atoms with Gasteiger partial charge in [-0.15, -0.1) is 0 Å². The predicted octanol–water partition coefficient (Wildman–Crippen LogP) is 3.89. The molecule has 0 N–H and O–H groups in total. The smallest absolute Gasteiger partial charge is 0.123 e. The average molecular weight is 222 g/mol. The zero-order valence-corrected chi connectivity index (χ0v) is 9.23. The fourth-order valence-electron chi connectivity index (χ4n) is 1.36. The lowest BCUT2D eigenvalue weighted by Gasteiger charge is -1.89.